The lowest BCUT2D eigenvalue weighted by atomic mass is 10.1. The zero-order chi connectivity index (χ0) is 20.3. The van der Waals surface area contributed by atoms with Gasteiger partial charge in [-0.25, -0.2) is 8.42 Å². The first-order valence-corrected chi connectivity index (χ1v) is 10.9. The fraction of sp³-hybridized carbons (Fsp3) is 0.286. The molecule has 0 N–H and O–H groups in total. The standard InChI is InChI=1S/C21H23N3O4S/c1-27-18-9-7-17(8-10-18)21-15-19(28-22-21)16-23-11-13-24(14-12-23)29(25,26)20-5-3-2-4-6-20/h2-10,15H,11-14,16H2,1H3. The zero-order valence-corrected chi connectivity index (χ0v) is 17.0. The van der Waals surface area contributed by atoms with Gasteiger partial charge in [-0.3, -0.25) is 4.90 Å². The third-order valence-electron chi connectivity index (χ3n) is 5.04. The summed E-state index contributed by atoms with van der Waals surface area (Å²) in [6.45, 7) is 2.80. The molecule has 0 aliphatic carbocycles. The van der Waals surface area contributed by atoms with Crippen LogP contribution in [-0.4, -0.2) is 56.1 Å². The third kappa shape index (κ3) is 4.34. The van der Waals surface area contributed by atoms with Crippen molar-refractivity contribution in [3.05, 3.63) is 66.4 Å². The van der Waals surface area contributed by atoms with Crippen LogP contribution >= 0.6 is 0 Å². The lowest BCUT2D eigenvalue weighted by molar-refractivity contribution is 0.166. The Balaban J connectivity index is 1.36. The largest absolute Gasteiger partial charge is 0.497 e. The van der Waals surface area contributed by atoms with Crippen LogP contribution in [0.3, 0.4) is 0 Å². The van der Waals surface area contributed by atoms with Gasteiger partial charge < -0.3 is 9.26 Å². The number of benzene rings is 2. The Kier molecular flexibility index (Phi) is 5.66. The molecule has 3 aromatic rings. The van der Waals surface area contributed by atoms with E-state index in [1.165, 1.54) is 0 Å². The van der Waals surface area contributed by atoms with Crippen LogP contribution < -0.4 is 4.74 Å². The summed E-state index contributed by atoms with van der Waals surface area (Å²) in [6.07, 6.45) is 0. The second-order valence-electron chi connectivity index (χ2n) is 6.90. The van der Waals surface area contributed by atoms with Gasteiger partial charge in [-0.15, -0.1) is 0 Å². The van der Waals surface area contributed by atoms with Crippen molar-refractivity contribution in [1.82, 2.24) is 14.4 Å². The number of ether oxygens (including phenoxy) is 1. The molecule has 7 nitrogen and oxygen atoms in total. The molecule has 1 fully saturated rings. The quantitative estimate of drug-likeness (QED) is 0.619. The lowest BCUT2D eigenvalue weighted by Crippen LogP contribution is -2.48. The van der Waals surface area contributed by atoms with Crippen LogP contribution in [-0.2, 0) is 16.6 Å². The Hall–Kier alpha value is -2.68. The number of sulfonamides is 1. The Bertz CT molecular complexity index is 1040. The average Bonchev–Trinajstić information content (AvgIpc) is 3.23. The van der Waals surface area contributed by atoms with E-state index >= 15 is 0 Å². The number of methoxy groups -OCH3 is 1. The Labute approximate surface area is 170 Å². The van der Waals surface area contributed by atoms with Crippen LogP contribution in [0.5, 0.6) is 5.75 Å². The molecule has 1 saturated heterocycles. The molecule has 1 aliphatic heterocycles. The maximum absolute atomic E-state index is 12.7. The minimum Gasteiger partial charge on any atom is -0.497 e. The normalized spacial score (nSPS) is 16.0. The van der Waals surface area contributed by atoms with Gasteiger partial charge in [0.2, 0.25) is 10.0 Å². The monoisotopic (exact) mass is 413 g/mol. The van der Waals surface area contributed by atoms with Crippen molar-refractivity contribution in [3.8, 4) is 17.0 Å². The van der Waals surface area contributed by atoms with E-state index in [1.54, 1.807) is 35.7 Å². The molecule has 1 aliphatic rings. The van der Waals surface area contributed by atoms with E-state index in [9.17, 15) is 8.42 Å². The number of nitrogens with zero attached hydrogens (tertiary/aromatic N) is 3. The maximum atomic E-state index is 12.7. The highest BCUT2D eigenvalue weighted by atomic mass is 32.2. The second-order valence-corrected chi connectivity index (χ2v) is 8.84. The zero-order valence-electron chi connectivity index (χ0n) is 16.2. The number of rotatable bonds is 6. The molecule has 0 bridgehead atoms. The summed E-state index contributed by atoms with van der Waals surface area (Å²) in [4.78, 5) is 2.52. The Morgan fingerprint density at radius 2 is 1.69 bits per heavy atom. The highest BCUT2D eigenvalue weighted by Crippen LogP contribution is 2.23. The SMILES string of the molecule is COc1ccc(-c2cc(CN3CCN(S(=O)(=O)c4ccccc4)CC3)on2)cc1. The minimum absolute atomic E-state index is 0.341. The molecule has 8 heteroatoms. The molecule has 0 unspecified atom stereocenters. The van der Waals surface area contributed by atoms with Gasteiger partial charge in [-0.2, -0.15) is 4.31 Å². The third-order valence-corrected chi connectivity index (χ3v) is 6.95. The highest BCUT2D eigenvalue weighted by molar-refractivity contribution is 7.89. The van der Waals surface area contributed by atoms with Crippen LogP contribution in [0.1, 0.15) is 5.76 Å². The highest BCUT2D eigenvalue weighted by Gasteiger charge is 2.28. The van der Waals surface area contributed by atoms with E-state index in [1.807, 2.05) is 36.4 Å². The molecule has 0 atom stereocenters. The van der Waals surface area contributed by atoms with Crippen molar-refractivity contribution in [2.24, 2.45) is 0 Å². The van der Waals surface area contributed by atoms with E-state index in [4.69, 9.17) is 9.26 Å². The van der Waals surface area contributed by atoms with Crippen molar-refractivity contribution in [3.63, 3.8) is 0 Å². The number of hydrogen-bond acceptors (Lipinski definition) is 6. The second kappa shape index (κ2) is 8.36. The summed E-state index contributed by atoms with van der Waals surface area (Å²) in [5, 5.41) is 4.15. The van der Waals surface area contributed by atoms with Gasteiger partial charge in [-0.1, -0.05) is 23.4 Å². The van der Waals surface area contributed by atoms with Gasteiger partial charge in [0.25, 0.3) is 0 Å². The van der Waals surface area contributed by atoms with Crippen molar-refractivity contribution in [2.75, 3.05) is 33.3 Å². The molecule has 4 rings (SSSR count). The Morgan fingerprint density at radius 1 is 1.00 bits per heavy atom. The fourth-order valence-electron chi connectivity index (χ4n) is 3.38. The van der Waals surface area contributed by atoms with E-state index in [0.717, 1.165) is 22.8 Å². The molecule has 0 saturated carbocycles. The molecule has 0 amide bonds. The molecular weight excluding hydrogens is 390 g/mol. The van der Waals surface area contributed by atoms with Crippen LogP contribution in [0.4, 0.5) is 0 Å². The molecule has 2 aromatic carbocycles. The minimum atomic E-state index is -3.44. The predicted octanol–water partition coefficient (Wildman–Crippen LogP) is 2.86. The molecular formula is C21H23N3O4S. The molecule has 0 spiro atoms. The van der Waals surface area contributed by atoms with E-state index < -0.39 is 10.0 Å². The fourth-order valence-corrected chi connectivity index (χ4v) is 4.82. The van der Waals surface area contributed by atoms with E-state index in [2.05, 4.69) is 10.1 Å². The average molecular weight is 413 g/mol. The van der Waals surface area contributed by atoms with E-state index in [0.29, 0.717) is 37.6 Å². The van der Waals surface area contributed by atoms with Gasteiger partial charge >= 0.3 is 0 Å². The predicted molar refractivity (Wildman–Crippen MR) is 109 cm³/mol. The van der Waals surface area contributed by atoms with Gasteiger partial charge in [-0.05, 0) is 36.4 Å². The molecule has 29 heavy (non-hydrogen) atoms. The van der Waals surface area contributed by atoms with Gasteiger partial charge in [0.15, 0.2) is 5.76 Å². The van der Waals surface area contributed by atoms with Crippen LogP contribution in [0.2, 0.25) is 0 Å². The van der Waals surface area contributed by atoms with Crippen LogP contribution in [0.15, 0.2) is 70.1 Å². The van der Waals surface area contributed by atoms with Crippen molar-refractivity contribution in [1.29, 1.82) is 0 Å². The van der Waals surface area contributed by atoms with Crippen LogP contribution in [0, 0.1) is 0 Å². The summed E-state index contributed by atoms with van der Waals surface area (Å²) in [7, 11) is -1.80. The summed E-state index contributed by atoms with van der Waals surface area (Å²) in [6, 6.07) is 18.1. The number of aromatic nitrogens is 1. The van der Waals surface area contributed by atoms with Crippen molar-refractivity contribution in [2.45, 2.75) is 11.4 Å². The summed E-state index contributed by atoms with van der Waals surface area (Å²) >= 11 is 0. The van der Waals surface area contributed by atoms with Gasteiger partial charge in [0.1, 0.15) is 11.4 Å². The molecule has 152 valence electrons. The first-order valence-electron chi connectivity index (χ1n) is 9.44. The topological polar surface area (TPSA) is 75.9 Å². The van der Waals surface area contributed by atoms with Crippen LogP contribution in [0.25, 0.3) is 11.3 Å². The number of hydrogen-bond donors (Lipinski definition) is 0. The maximum Gasteiger partial charge on any atom is 0.243 e. The van der Waals surface area contributed by atoms with Gasteiger partial charge in [0.05, 0.1) is 18.6 Å². The number of piperazine rings is 1. The molecule has 2 heterocycles. The molecule has 1 aromatic heterocycles. The van der Waals surface area contributed by atoms with Crippen molar-refractivity contribution < 1.29 is 17.7 Å². The first-order chi connectivity index (χ1) is 14.1. The van der Waals surface area contributed by atoms with Gasteiger partial charge in [0, 0.05) is 37.8 Å². The Morgan fingerprint density at radius 3 is 2.34 bits per heavy atom. The first kappa shape index (κ1) is 19.6. The lowest BCUT2D eigenvalue weighted by Gasteiger charge is -2.33. The smallest absolute Gasteiger partial charge is 0.243 e. The van der Waals surface area contributed by atoms with Crippen molar-refractivity contribution >= 4 is 10.0 Å². The van der Waals surface area contributed by atoms with E-state index in [-0.39, 0.29) is 0 Å². The summed E-state index contributed by atoms with van der Waals surface area (Å²) in [5.74, 6) is 1.55. The molecule has 0 radical (unpaired) electrons. The summed E-state index contributed by atoms with van der Waals surface area (Å²) < 4.78 is 37.7. The summed E-state index contributed by atoms with van der Waals surface area (Å²) in [5.41, 5.74) is 1.73.